The zero-order valence-corrected chi connectivity index (χ0v) is 26.6. The van der Waals surface area contributed by atoms with Crippen molar-refractivity contribution < 1.29 is 38.1 Å². The van der Waals surface area contributed by atoms with E-state index in [-0.39, 0.29) is 11.8 Å². The molecule has 0 unspecified atom stereocenters. The normalized spacial score (nSPS) is 19.9. The van der Waals surface area contributed by atoms with E-state index in [0.29, 0.717) is 38.4 Å². The van der Waals surface area contributed by atoms with E-state index in [4.69, 9.17) is 18.9 Å². The number of unbranched alkanes of at least 4 members (excludes halogenated alkanes) is 1. The Hall–Kier alpha value is -4.02. The molecule has 1 aliphatic carbocycles. The summed E-state index contributed by atoms with van der Waals surface area (Å²) in [4.78, 5) is 51.6. The van der Waals surface area contributed by atoms with Crippen molar-refractivity contribution in [3.63, 3.8) is 0 Å². The summed E-state index contributed by atoms with van der Waals surface area (Å²) < 4.78 is 21.0. The fourth-order valence-electron chi connectivity index (χ4n) is 5.57. The van der Waals surface area contributed by atoms with Gasteiger partial charge >= 0.3 is 24.2 Å². The van der Waals surface area contributed by atoms with Gasteiger partial charge in [0.15, 0.2) is 0 Å². The number of rotatable bonds is 10. The fraction of sp³-hybridized carbons (Fsp3) is 0.576. The summed E-state index contributed by atoms with van der Waals surface area (Å²) in [6.07, 6.45) is 0.425. The Labute approximate surface area is 258 Å². The molecule has 11 heteroatoms. The minimum Gasteiger partial charge on any atom is -0.444 e. The molecule has 0 aromatic heterocycles. The number of benzene rings is 2. The van der Waals surface area contributed by atoms with Crippen molar-refractivity contribution in [3.8, 4) is 0 Å². The van der Waals surface area contributed by atoms with E-state index >= 15 is 0 Å². The molecule has 1 aliphatic heterocycles. The minimum atomic E-state index is -1.03. The van der Waals surface area contributed by atoms with Gasteiger partial charge in [-0.1, -0.05) is 42.5 Å². The predicted octanol–water partition coefficient (Wildman–Crippen LogP) is 5.64. The molecule has 2 fully saturated rings. The monoisotopic (exact) mass is 611 g/mol. The number of amides is 3. The Kier molecular flexibility index (Phi) is 9.95. The van der Waals surface area contributed by atoms with Crippen molar-refractivity contribution in [3.05, 3.63) is 48.0 Å². The van der Waals surface area contributed by atoms with Gasteiger partial charge in [-0.05, 0) is 89.5 Å². The Morgan fingerprint density at radius 3 is 2.30 bits per heavy atom. The van der Waals surface area contributed by atoms with Crippen LogP contribution in [-0.2, 0) is 29.2 Å². The predicted molar refractivity (Wildman–Crippen MR) is 164 cm³/mol. The van der Waals surface area contributed by atoms with Gasteiger partial charge in [0.05, 0.1) is 0 Å². The maximum Gasteiger partial charge on any atom is 0.412 e. The molecule has 44 heavy (non-hydrogen) atoms. The number of piperidine rings is 1. The number of nitrogens with zero attached hydrogens (tertiary/aromatic N) is 1. The van der Waals surface area contributed by atoms with Crippen LogP contribution in [0.2, 0.25) is 0 Å². The number of alkyl carbamates (subject to hydrolysis) is 2. The van der Waals surface area contributed by atoms with Crippen LogP contribution in [0.25, 0.3) is 10.8 Å². The zero-order valence-electron chi connectivity index (χ0n) is 26.6. The molecule has 3 amide bonds. The Bertz CT molecular complexity index is 1360. The summed E-state index contributed by atoms with van der Waals surface area (Å²) in [5.41, 5.74) is -0.208. The highest BCUT2D eigenvalue weighted by Crippen LogP contribution is 2.59. The number of esters is 1. The summed E-state index contributed by atoms with van der Waals surface area (Å²) in [7, 11) is 0. The molecule has 2 N–H and O–H groups in total. The Morgan fingerprint density at radius 2 is 1.59 bits per heavy atom. The molecule has 0 bridgehead atoms. The van der Waals surface area contributed by atoms with Crippen LogP contribution in [0.15, 0.2) is 42.5 Å². The van der Waals surface area contributed by atoms with E-state index in [1.807, 2.05) is 12.1 Å². The second kappa shape index (κ2) is 13.3. The lowest BCUT2D eigenvalue weighted by Crippen LogP contribution is -2.44. The van der Waals surface area contributed by atoms with Crippen LogP contribution in [-0.4, -0.2) is 72.8 Å². The van der Waals surface area contributed by atoms with Gasteiger partial charge in [0.1, 0.15) is 17.2 Å². The maximum atomic E-state index is 12.9. The summed E-state index contributed by atoms with van der Waals surface area (Å²) in [5.74, 6) is -0.383. The molecule has 2 aromatic carbocycles. The standard InChI is InChI=1S/C33H45N3O8/c1-31(2,3)43-28(38)34-16-10-9-13-26(35-29(39)44-32(4,5)6)27(37)41-21-42-30(40)36-19-25-18-33(25,20-36)24-15-14-22-11-7-8-12-23(22)17-24/h7-8,11-12,14-15,17,25-26H,9-10,13,16,18-21H2,1-6H3,(H,34,38)(H,35,39)/t25-,26+,33+/m1/s1. The molecule has 1 saturated heterocycles. The molecule has 4 rings (SSSR count). The molecule has 240 valence electrons. The topological polar surface area (TPSA) is 133 Å². The first-order valence-corrected chi connectivity index (χ1v) is 15.2. The summed E-state index contributed by atoms with van der Waals surface area (Å²) in [5, 5.41) is 7.56. The van der Waals surface area contributed by atoms with Gasteiger partial charge in [-0.15, -0.1) is 0 Å². The van der Waals surface area contributed by atoms with Crippen molar-refractivity contribution in [2.75, 3.05) is 26.4 Å². The van der Waals surface area contributed by atoms with Crippen molar-refractivity contribution in [2.24, 2.45) is 5.92 Å². The number of likely N-dealkylation sites (tertiary alicyclic amines) is 1. The Balaban J connectivity index is 1.24. The SMILES string of the molecule is CC(C)(C)OC(=O)NCCCC[C@H](NC(=O)OC(C)(C)C)C(=O)OCOC(=O)N1C[C@H]2C[C@@]2(c2ccc3ccccc3c2)C1. The summed E-state index contributed by atoms with van der Waals surface area (Å²) in [6, 6.07) is 13.7. The number of ether oxygens (including phenoxy) is 4. The van der Waals surface area contributed by atoms with Crippen molar-refractivity contribution >= 4 is 35.0 Å². The zero-order chi connectivity index (χ0) is 32.1. The van der Waals surface area contributed by atoms with Crippen LogP contribution in [0.1, 0.15) is 72.8 Å². The first-order chi connectivity index (χ1) is 20.6. The lowest BCUT2D eigenvalue weighted by Gasteiger charge is -2.23. The van der Waals surface area contributed by atoms with E-state index < -0.39 is 48.3 Å². The van der Waals surface area contributed by atoms with Gasteiger partial charge in [0, 0.05) is 25.0 Å². The third kappa shape index (κ3) is 9.00. The third-order valence-corrected chi connectivity index (χ3v) is 7.68. The molecular weight excluding hydrogens is 566 g/mol. The number of fused-ring (bicyclic) bond motifs is 2. The molecule has 2 aromatic rings. The maximum absolute atomic E-state index is 12.9. The number of hydrogen-bond donors (Lipinski definition) is 2. The molecule has 11 nitrogen and oxygen atoms in total. The van der Waals surface area contributed by atoms with Crippen molar-refractivity contribution in [2.45, 2.75) is 89.9 Å². The van der Waals surface area contributed by atoms with Crippen LogP contribution >= 0.6 is 0 Å². The van der Waals surface area contributed by atoms with Gasteiger partial charge in [-0.25, -0.2) is 19.2 Å². The van der Waals surface area contributed by atoms with Crippen LogP contribution in [0.3, 0.4) is 0 Å². The molecule has 3 atom stereocenters. The van der Waals surface area contributed by atoms with E-state index in [0.717, 1.165) is 6.42 Å². The van der Waals surface area contributed by atoms with Gasteiger partial charge in [0.25, 0.3) is 0 Å². The Morgan fingerprint density at radius 1 is 0.909 bits per heavy atom. The fourth-order valence-corrected chi connectivity index (χ4v) is 5.57. The van der Waals surface area contributed by atoms with Crippen molar-refractivity contribution in [1.29, 1.82) is 0 Å². The van der Waals surface area contributed by atoms with Gasteiger partial charge in [-0.2, -0.15) is 0 Å². The van der Waals surface area contributed by atoms with Gasteiger partial charge in [0.2, 0.25) is 6.79 Å². The molecule has 0 spiro atoms. The molecule has 1 heterocycles. The molecular formula is C33H45N3O8. The van der Waals surface area contributed by atoms with Crippen LogP contribution in [0.4, 0.5) is 14.4 Å². The molecule has 2 aliphatic rings. The largest absolute Gasteiger partial charge is 0.444 e. The first-order valence-electron chi connectivity index (χ1n) is 15.2. The van der Waals surface area contributed by atoms with E-state index in [9.17, 15) is 19.2 Å². The lowest BCUT2D eigenvalue weighted by molar-refractivity contribution is -0.155. The van der Waals surface area contributed by atoms with Crippen LogP contribution < -0.4 is 10.6 Å². The van der Waals surface area contributed by atoms with E-state index in [2.05, 4.69) is 41.0 Å². The average Bonchev–Trinajstić information content (AvgIpc) is 3.49. The highest BCUT2D eigenvalue weighted by atomic mass is 16.7. The number of carbonyl (C=O) groups is 4. The number of hydrogen-bond acceptors (Lipinski definition) is 8. The van der Waals surface area contributed by atoms with Gasteiger partial charge in [-0.3, -0.25) is 0 Å². The van der Waals surface area contributed by atoms with E-state index in [1.165, 1.54) is 16.3 Å². The summed E-state index contributed by atoms with van der Waals surface area (Å²) >= 11 is 0. The smallest absolute Gasteiger partial charge is 0.412 e. The lowest BCUT2D eigenvalue weighted by atomic mass is 9.93. The van der Waals surface area contributed by atoms with Crippen LogP contribution in [0.5, 0.6) is 0 Å². The molecule has 1 saturated carbocycles. The second-order valence-corrected chi connectivity index (χ2v) is 13.6. The number of carbonyl (C=O) groups excluding carboxylic acids is 4. The first kappa shape index (κ1) is 32.9. The van der Waals surface area contributed by atoms with Crippen LogP contribution in [0, 0.1) is 5.92 Å². The number of nitrogens with one attached hydrogen (secondary N) is 2. The van der Waals surface area contributed by atoms with Crippen molar-refractivity contribution in [1.82, 2.24) is 15.5 Å². The molecule has 0 radical (unpaired) electrons. The minimum absolute atomic E-state index is 0.0689. The summed E-state index contributed by atoms with van der Waals surface area (Å²) in [6.45, 7) is 11.4. The average molecular weight is 612 g/mol. The quantitative estimate of drug-likeness (QED) is 0.153. The third-order valence-electron chi connectivity index (χ3n) is 7.68. The highest BCUT2D eigenvalue weighted by Gasteiger charge is 2.62. The second-order valence-electron chi connectivity index (χ2n) is 13.6. The van der Waals surface area contributed by atoms with E-state index in [1.54, 1.807) is 46.4 Å². The van der Waals surface area contributed by atoms with Gasteiger partial charge < -0.3 is 34.5 Å². The highest BCUT2D eigenvalue weighted by molar-refractivity contribution is 5.84.